The Morgan fingerprint density at radius 1 is 1.17 bits per heavy atom. The van der Waals surface area contributed by atoms with Crippen molar-refractivity contribution in [1.29, 1.82) is 0 Å². The van der Waals surface area contributed by atoms with E-state index < -0.39 is 0 Å². The van der Waals surface area contributed by atoms with Gasteiger partial charge in [0.25, 0.3) is 0 Å². The molecule has 1 aliphatic heterocycles. The zero-order valence-electron chi connectivity index (χ0n) is 17.7. The molecule has 0 spiro atoms. The standard InChI is InChI=1S/C21H26ClN5O3/c1-13-9-18-19(24-25-27(18)15(12-29-3)6-8-28-2)21(23-13)26-7-5-14-10-16(30-4)11-17(22)20(14)26/h9-11,15H,5-8,12H2,1-4H3/t15-/m1/s1. The van der Waals surface area contributed by atoms with Gasteiger partial charge in [0, 0.05) is 39.1 Å². The van der Waals surface area contributed by atoms with Crippen molar-refractivity contribution in [3.63, 3.8) is 0 Å². The second-order valence-corrected chi connectivity index (χ2v) is 7.81. The number of fused-ring (bicyclic) bond motifs is 2. The van der Waals surface area contributed by atoms with Crippen LogP contribution < -0.4 is 9.64 Å². The van der Waals surface area contributed by atoms with Gasteiger partial charge < -0.3 is 19.1 Å². The van der Waals surface area contributed by atoms with Crippen LogP contribution in [0.4, 0.5) is 11.5 Å². The van der Waals surface area contributed by atoms with E-state index in [-0.39, 0.29) is 6.04 Å². The van der Waals surface area contributed by atoms with Crippen LogP contribution in [0.15, 0.2) is 18.2 Å². The lowest BCUT2D eigenvalue weighted by Crippen LogP contribution is -2.19. The van der Waals surface area contributed by atoms with Gasteiger partial charge in [0.1, 0.15) is 5.75 Å². The molecule has 0 saturated heterocycles. The molecule has 3 heterocycles. The van der Waals surface area contributed by atoms with E-state index in [4.69, 9.17) is 30.8 Å². The number of hydrogen-bond acceptors (Lipinski definition) is 7. The Kier molecular flexibility index (Phi) is 6.08. The zero-order chi connectivity index (χ0) is 21.3. The minimum atomic E-state index is 0.0216. The van der Waals surface area contributed by atoms with E-state index in [9.17, 15) is 0 Å². The highest BCUT2D eigenvalue weighted by Gasteiger charge is 2.29. The third-order valence-corrected chi connectivity index (χ3v) is 5.70. The molecule has 8 nitrogen and oxygen atoms in total. The lowest BCUT2D eigenvalue weighted by molar-refractivity contribution is 0.117. The summed E-state index contributed by atoms with van der Waals surface area (Å²) in [4.78, 5) is 6.94. The van der Waals surface area contributed by atoms with Crippen LogP contribution in [0.25, 0.3) is 11.0 Å². The number of nitrogens with zero attached hydrogens (tertiary/aromatic N) is 5. The molecule has 1 aliphatic rings. The van der Waals surface area contributed by atoms with Gasteiger partial charge in [-0.1, -0.05) is 16.8 Å². The molecule has 2 aromatic heterocycles. The minimum Gasteiger partial charge on any atom is -0.497 e. The fourth-order valence-electron chi connectivity index (χ4n) is 4.02. The normalized spacial score (nSPS) is 14.4. The van der Waals surface area contributed by atoms with Gasteiger partial charge >= 0.3 is 0 Å². The lowest BCUT2D eigenvalue weighted by Gasteiger charge is -2.21. The second-order valence-electron chi connectivity index (χ2n) is 7.40. The molecule has 0 amide bonds. The number of hydrogen-bond donors (Lipinski definition) is 0. The van der Waals surface area contributed by atoms with E-state index in [2.05, 4.69) is 15.2 Å². The summed E-state index contributed by atoms with van der Waals surface area (Å²) >= 11 is 6.62. The molecule has 3 aromatic rings. The van der Waals surface area contributed by atoms with Gasteiger partial charge in [0.15, 0.2) is 11.3 Å². The monoisotopic (exact) mass is 431 g/mol. The number of rotatable bonds is 8. The Balaban J connectivity index is 1.80. The predicted molar refractivity (Wildman–Crippen MR) is 116 cm³/mol. The number of anilines is 2. The number of ether oxygens (including phenoxy) is 3. The summed E-state index contributed by atoms with van der Waals surface area (Å²) in [7, 11) is 5.03. The van der Waals surface area contributed by atoms with E-state index in [0.29, 0.717) is 18.2 Å². The maximum Gasteiger partial charge on any atom is 0.163 e. The molecule has 160 valence electrons. The number of methoxy groups -OCH3 is 3. The van der Waals surface area contributed by atoms with Crippen molar-refractivity contribution in [2.45, 2.75) is 25.8 Å². The molecule has 0 saturated carbocycles. The Labute approximate surface area is 180 Å². The highest BCUT2D eigenvalue weighted by atomic mass is 35.5. The highest BCUT2D eigenvalue weighted by Crippen LogP contribution is 2.43. The van der Waals surface area contributed by atoms with Gasteiger partial charge in [-0.25, -0.2) is 9.67 Å². The average molecular weight is 432 g/mol. The summed E-state index contributed by atoms with van der Waals surface area (Å²) in [6.07, 6.45) is 1.63. The van der Waals surface area contributed by atoms with Gasteiger partial charge in [-0.05, 0) is 37.5 Å². The Bertz CT molecular complexity index is 1050. The summed E-state index contributed by atoms with van der Waals surface area (Å²) in [5, 5.41) is 9.60. The zero-order valence-corrected chi connectivity index (χ0v) is 18.4. The van der Waals surface area contributed by atoms with Crippen LogP contribution in [0, 0.1) is 6.92 Å². The van der Waals surface area contributed by atoms with Crippen LogP contribution in [0.3, 0.4) is 0 Å². The van der Waals surface area contributed by atoms with E-state index in [0.717, 1.165) is 58.9 Å². The quantitative estimate of drug-likeness (QED) is 0.538. The Morgan fingerprint density at radius 2 is 2.00 bits per heavy atom. The van der Waals surface area contributed by atoms with Crippen molar-refractivity contribution in [2.24, 2.45) is 0 Å². The topological polar surface area (TPSA) is 74.5 Å². The van der Waals surface area contributed by atoms with Crippen LogP contribution >= 0.6 is 11.6 Å². The third kappa shape index (κ3) is 3.71. The highest BCUT2D eigenvalue weighted by molar-refractivity contribution is 6.34. The van der Waals surface area contributed by atoms with E-state index in [1.807, 2.05) is 29.8 Å². The first-order valence-electron chi connectivity index (χ1n) is 9.91. The van der Waals surface area contributed by atoms with Crippen LogP contribution in [-0.4, -0.2) is 61.1 Å². The molecule has 0 N–H and O–H groups in total. The SMILES string of the molecule is COCC[C@H](COC)n1nnc2c(N3CCc4cc(OC)cc(Cl)c43)nc(C)cc21. The van der Waals surface area contributed by atoms with Gasteiger partial charge in [-0.2, -0.15) is 0 Å². The van der Waals surface area contributed by atoms with Crippen LogP contribution in [0.2, 0.25) is 5.02 Å². The second kappa shape index (κ2) is 8.75. The number of aryl methyl sites for hydroxylation is 1. The maximum absolute atomic E-state index is 6.62. The molecular weight excluding hydrogens is 406 g/mol. The first kappa shape index (κ1) is 20.8. The van der Waals surface area contributed by atoms with Gasteiger partial charge in [0.05, 0.1) is 36.0 Å². The summed E-state index contributed by atoms with van der Waals surface area (Å²) in [6.45, 7) is 3.89. The van der Waals surface area contributed by atoms with Crippen molar-refractivity contribution in [1.82, 2.24) is 20.0 Å². The van der Waals surface area contributed by atoms with Crippen LogP contribution in [0.1, 0.15) is 23.7 Å². The summed E-state index contributed by atoms with van der Waals surface area (Å²) < 4.78 is 18.0. The smallest absolute Gasteiger partial charge is 0.163 e. The molecule has 0 aliphatic carbocycles. The molecule has 1 aromatic carbocycles. The number of halogens is 1. The number of benzene rings is 1. The van der Waals surface area contributed by atoms with E-state index in [1.165, 1.54) is 0 Å². The molecule has 4 rings (SSSR count). The molecule has 9 heteroatoms. The van der Waals surface area contributed by atoms with E-state index in [1.54, 1.807) is 21.3 Å². The molecule has 0 fully saturated rings. The maximum atomic E-state index is 6.62. The summed E-state index contributed by atoms with van der Waals surface area (Å²) in [5.74, 6) is 1.53. The molecule has 0 bridgehead atoms. The first-order valence-corrected chi connectivity index (χ1v) is 10.3. The minimum absolute atomic E-state index is 0.0216. The van der Waals surface area contributed by atoms with Gasteiger partial charge in [0.2, 0.25) is 0 Å². The fraction of sp³-hybridized carbons (Fsp3) is 0.476. The average Bonchev–Trinajstić information content (AvgIpc) is 3.35. The van der Waals surface area contributed by atoms with E-state index >= 15 is 0 Å². The van der Waals surface area contributed by atoms with Crippen LogP contribution in [-0.2, 0) is 15.9 Å². The predicted octanol–water partition coefficient (Wildman–Crippen LogP) is 3.71. The molecule has 0 unspecified atom stereocenters. The molecule has 30 heavy (non-hydrogen) atoms. The molecule has 1 atom stereocenters. The number of pyridine rings is 1. The summed E-state index contributed by atoms with van der Waals surface area (Å²) in [6, 6.07) is 5.90. The third-order valence-electron chi connectivity index (χ3n) is 5.41. The van der Waals surface area contributed by atoms with Gasteiger partial charge in [-0.15, -0.1) is 5.10 Å². The van der Waals surface area contributed by atoms with Crippen molar-refractivity contribution in [3.05, 3.63) is 34.5 Å². The Hall–Kier alpha value is -2.42. The van der Waals surface area contributed by atoms with Crippen LogP contribution in [0.5, 0.6) is 5.75 Å². The van der Waals surface area contributed by atoms with Crippen molar-refractivity contribution in [3.8, 4) is 5.75 Å². The summed E-state index contributed by atoms with van der Waals surface area (Å²) in [5.41, 5.74) is 4.66. The van der Waals surface area contributed by atoms with Crippen molar-refractivity contribution < 1.29 is 14.2 Å². The molecular formula is C21H26ClN5O3. The van der Waals surface area contributed by atoms with Crippen molar-refractivity contribution in [2.75, 3.05) is 46.0 Å². The first-order chi connectivity index (χ1) is 14.6. The lowest BCUT2D eigenvalue weighted by atomic mass is 10.1. The number of aromatic nitrogens is 4. The van der Waals surface area contributed by atoms with Crippen molar-refractivity contribution >= 4 is 34.1 Å². The van der Waals surface area contributed by atoms with Gasteiger partial charge in [-0.3, -0.25) is 0 Å². The Morgan fingerprint density at radius 3 is 2.73 bits per heavy atom. The molecule has 0 radical (unpaired) electrons. The fourth-order valence-corrected chi connectivity index (χ4v) is 4.35. The largest absolute Gasteiger partial charge is 0.497 e.